The second-order valence-electron chi connectivity index (χ2n) is 5.98. The lowest BCUT2D eigenvalue weighted by atomic mass is 10.00. The summed E-state index contributed by atoms with van der Waals surface area (Å²) in [5.74, 6) is 3.07. The third kappa shape index (κ3) is 2.96. The van der Waals surface area contributed by atoms with Crippen LogP contribution in [0.3, 0.4) is 0 Å². The second kappa shape index (κ2) is 6.35. The summed E-state index contributed by atoms with van der Waals surface area (Å²) >= 11 is 2.09. The molecule has 3 atom stereocenters. The maximum Gasteiger partial charge on any atom is 0.128 e. The predicted octanol–water partition coefficient (Wildman–Crippen LogP) is 2.88. The van der Waals surface area contributed by atoms with Gasteiger partial charge in [-0.1, -0.05) is 13.0 Å². The molecule has 0 spiro atoms. The molecule has 3 heterocycles. The smallest absolute Gasteiger partial charge is 0.128 e. The SMILES string of the molecule is CN[C@@H]1CCCN(c2cccc(C(C)C3CCS3)n2)C1. The molecule has 2 aliphatic heterocycles. The van der Waals surface area contributed by atoms with Gasteiger partial charge >= 0.3 is 0 Å². The van der Waals surface area contributed by atoms with Crippen molar-refractivity contribution in [1.82, 2.24) is 10.3 Å². The molecular formula is C16H25N3S. The molecule has 0 bridgehead atoms. The van der Waals surface area contributed by atoms with Crippen molar-refractivity contribution in [3.05, 3.63) is 23.9 Å². The van der Waals surface area contributed by atoms with E-state index < -0.39 is 0 Å². The summed E-state index contributed by atoms with van der Waals surface area (Å²) in [5, 5.41) is 4.19. The molecule has 2 unspecified atom stereocenters. The molecule has 110 valence electrons. The topological polar surface area (TPSA) is 28.2 Å². The average molecular weight is 291 g/mol. The van der Waals surface area contributed by atoms with Gasteiger partial charge in [-0.3, -0.25) is 0 Å². The van der Waals surface area contributed by atoms with E-state index in [0.29, 0.717) is 12.0 Å². The van der Waals surface area contributed by atoms with Crippen LogP contribution < -0.4 is 10.2 Å². The number of hydrogen-bond donors (Lipinski definition) is 1. The molecule has 1 N–H and O–H groups in total. The molecule has 0 aliphatic carbocycles. The van der Waals surface area contributed by atoms with Gasteiger partial charge in [0.15, 0.2) is 0 Å². The van der Waals surface area contributed by atoms with Crippen LogP contribution in [0.2, 0.25) is 0 Å². The van der Waals surface area contributed by atoms with Crippen LogP contribution in [-0.4, -0.2) is 42.2 Å². The van der Waals surface area contributed by atoms with E-state index in [-0.39, 0.29) is 0 Å². The summed E-state index contributed by atoms with van der Waals surface area (Å²) in [6.45, 7) is 4.55. The van der Waals surface area contributed by atoms with Crippen molar-refractivity contribution in [3.8, 4) is 0 Å². The number of anilines is 1. The molecule has 0 amide bonds. The molecule has 1 aromatic rings. The fourth-order valence-electron chi connectivity index (χ4n) is 3.13. The Bertz CT molecular complexity index is 447. The lowest BCUT2D eigenvalue weighted by Gasteiger charge is -2.34. The summed E-state index contributed by atoms with van der Waals surface area (Å²) in [7, 11) is 2.06. The fraction of sp³-hybridized carbons (Fsp3) is 0.688. The van der Waals surface area contributed by atoms with Crippen LogP contribution in [0.5, 0.6) is 0 Å². The van der Waals surface area contributed by atoms with E-state index in [1.54, 1.807) is 0 Å². The van der Waals surface area contributed by atoms with E-state index in [2.05, 4.69) is 54.1 Å². The third-order valence-corrected chi connectivity index (χ3v) is 6.21. The van der Waals surface area contributed by atoms with Gasteiger partial charge in [0.25, 0.3) is 0 Å². The summed E-state index contributed by atoms with van der Waals surface area (Å²) in [5.41, 5.74) is 1.27. The molecule has 0 aromatic carbocycles. The molecule has 2 fully saturated rings. The monoisotopic (exact) mass is 291 g/mol. The summed E-state index contributed by atoms with van der Waals surface area (Å²) in [4.78, 5) is 7.39. The number of nitrogens with zero attached hydrogens (tertiary/aromatic N) is 2. The Labute approximate surface area is 126 Å². The van der Waals surface area contributed by atoms with E-state index in [9.17, 15) is 0 Å². The molecular weight excluding hydrogens is 266 g/mol. The number of pyridine rings is 1. The number of nitrogens with one attached hydrogen (secondary N) is 1. The zero-order valence-electron chi connectivity index (χ0n) is 12.5. The van der Waals surface area contributed by atoms with Crippen molar-refractivity contribution in [2.45, 2.75) is 43.4 Å². The van der Waals surface area contributed by atoms with E-state index in [0.717, 1.165) is 18.3 Å². The largest absolute Gasteiger partial charge is 0.355 e. The molecule has 3 rings (SSSR count). The second-order valence-corrected chi connectivity index (χ2v) is 7.33. The first-order chi connectivity index (χ1) is 9.78. The van der Waals surface area contributed by atoms with E-state index in [1.807, 2.05) is 0 Å². The van der Waals surface area contributed by atoms with Gasteiger partial charge in [0.1, 0.15) is 5.82 Å². The Morgan fingerprint density at radius 1 is 1.40 bits per heavy atom. The van der Waals surface area contributed by atoms with Crippen LogP contribution >= 0.6 is 11.8 Å². The highest BCUT2D eigenvalue weighted by Gasteiger charge is 2.27. The number of likely N-dealkylation sites (N-methyl/N-ethyl adjacent to an activating group) is 1. The van der Waals surface area contributed by atoms with Gasteiger partial charge in [0.05, 0.1) is 0 Å². The van der Waals surface area contributed by atoms with Crippen molar-refractivity contribution in [2.75, 3.05) is 30.8 Å². The van der Waals surface area contributed by atoms with Crippen molar-refractivity contribution in [1.29, 1.82) is 0 Å². The number of hydrogen-bond acceptors (Lipinski definition) is 4. The minimum atomic E-state index is 0.582. The van der Waals surface area contributed by atoms with Crippen LogP contribution in [0.15, 0.2) is 18.2 Å². The van der Waals surface area contributed by atoms with Crippen molar-refractivity contribution in [2.24, 2.45) is 0 Å². The first-order valence-electron chi connectivity index (χ1n) is 7.78. The summed E-state index contributed by atoms with van der Waals surface area (Å²) < 4.78 is 0. The molecule has 2 aliphatic rings. The minimum Gasteiger partial charge on any atom is -0.355 e. The van der Waals surface area contributed by atoms with Crippen LogP contribution in [0.1, 0.15) is 37.8 Å². The van der Waals surface area contributed by atoms with Crippen LogP contribution in [-0.2, 0) is 0 Å². The van der Waals surface area contributed by atoms with Crippen LogP contribution in [0.25, 0.3) is 0 Å². The van der Waals surface area contributed by atoms with Gasteiger partial charge < -0.3 is 10.2 Å². The minimum absolute atomic E-state index is 0.582. The zero-order valence-corrected chi connectivity index (χ0v) is 13.3. The van der Waals surface area contributed by atoms with Crippen molar-refractivity contribution < 1.29 is 0 Å². The predicted molar refractivity (Wildman–Crippen MR) is 87.8 cm³/mol. The highest BCUT2D eigenvalue weighted by Crippen LogP contribution is 2.38. The highest BCUT2D eigenvalue weighted by molar-refractivity contribution is 8.01. The van der Waals surface area contributed by atoms with E-state index >= 15 is 0 Å². The number of rotatable bonds is 4. The normalized spacial score (nSPS) is 28.0. The standard InChI is InChI=1S/C16H25N3S/c1-12(15-8-10-20-15)14-6-3-7-16(18-14)19-9-4-5-13(11-19)17-2/h3,6-7,12-13,15,17H,4-5,8-11H2,1-2H3/t12?,13-,15?/m1/s1. The molecule has 20 heavy (non-hydrogen) atoms. The zero-order chi connectivity index (χ0) is 13.9. The first kappa shape index (κ1) is 14.2. The van der Waals surface area contributed by atoms with E-state index in [1.165, 1.54) is 36.5 Å². The van der Waals surface area contributed by atoms with Gasteiger partial charge in [0, 0.05) is 36.0 Å². The van der Waals surface area contributed by atoms with Gasteiger partial charge in [0.2, 0.25) is 0 Å². The third-order valence-electron chi connectivity index (χ3n) is 4.67. The van der Waals surface area contributed by atoms with Crippen LogP contribution in [0.4, 0.5) is 5.82 Å². The number of aromatic nitrogens is 1. The summed E-state index contributed by atoms with van der Waals surface area (Å²) in [6.07, 6.45) is 3.89. The highest BCUT2D eigenvalue weighted by atomic mass is 32.2. The Morgan fingerprint density at radius 3 is 2.95 bits per heavy atom. The van der Waals surface area contributed by atoms with E-state index in [4.69, 9.17) is 4.98 Å². The van der Waals surface area contributed by atoms with Crippen LogP contribution in [0, 0.1) is 0 Å². The number of piperidine rings is 1. The quantitative estimate of drug-likeness (QED) is 0.923. The summed E-state index contributed by atoms with van der Waals surface area (Å²) in [6, 6.07) is 7.16. The van der Waals surface area contributed by atoms with Crippen molar-refractivity contribution >= 4 is 17.6 Å². The van der Waals surface area contributed by atoms with Crippen molar-refractivity contribution in [3.63, 3.8) is 0 Å². The lowest BCUT2D eigenvalue weighted by molar-refractivity contribution is 0.447. The molecule has 1 aromatic heterocycles. The van der Waals surface area contributed by atoms with Gasteiger partial charge in [-0.05, 0) is 44.2 Å². The maximum absolute atomic E-state index is 4.95. The Hall–Kier alpha value is -0.740. The Kier molecular flexibility index (Phi) is 4.51. The maximum atomic E-state index is 4.95. The van der Waals surface area contributed by atoms with Gasteiger partial charge in [-0.2, -0.15) is 11.8 Å². The lowest BCUT2D eigenvalue weighted by Crippen LogP contribution is -2.44. The van der Waals surface area contributed by atoms with Gasteiger partial charge in [-0.25, -0.2) is 4.98 Å². The molecule has 0 radical (unpaired) electrons. The molecule has 4 heteroatoms. The first-order valence-corrected chi connectivity index (χ1v) is 8.83. The number of thioether (sulfide) groups is 1. The average Bonchev–Trinajstić information content (AvgIpc) is 2.45. The van der Waals surface area contributed by atoms with Gasteiger partial charge in [-0.15, -0.1) is 0 Å². The Balaban J connectivity index is 1.73. The molecule has 3 nitrogen and oxygen atoms in total. The molecule has 0 saturated carbocycles. The molecule has 2 saturated heterocycles. The fourth-order valence-corrected chi connectivity index (χ4v) is 4.06. The Morgan fingerprint density at radius 2 is 2.25 bits per heavy atom.